The summed E-state index contributed by atoms with van der Waals surface area (Å²) < 4.78 is 15.1. The highest BCUT2D eigenvalue weighted by Crippen LogP contribution is 2.26. The highest BCUT2D eigenvalue weighted by atomic mass is 19.1. The molecule has 0 bridgehead atoms. The fourth-order valence-corrected chi connectivity index (χ4v) is 3.11. The van der Waals surface area contributed by atoms with E-state index in [0.29, 0.717) is 12.2 Å². The SMILES string of the molecule is CCNC(=O)Nc1cccc(-n2cnc3cc(-c4ccc(F)cc4)ccc32)c1. The number of halogens is 1. The van der Waals surface area contributed by atoms with Crippen LogP contribution in [0.15, 0.2) is 73.1 Å². The van der Waals surface area contributed by atoms with Crippen molar-refractivity contribution >= 4 is 22.8 Å². The van der Waals surface area contributed by atoms with Crippen LogP contribution in [0, 0.1) is 5.82 Å². The summed E-state index contributed by atoms with van der Waals surface area (Å²) >= 11 is 0. The number of hydrogen-bond donors (Lipinski definition) is 2. The highest BCUT2D eigenvalue weighted by molar-refractivity contribution is 5.90. The van der Waals surface area contributed by atoms with E-state index in [1.165, 1.54) is 12.1 Å². The normalized spacial score (nSPS) is 10.8. The fourth-order valence-electron chi connectivity index (χ4n) is 3.11. The zero-order valence-corrected chi connectivity index (χ0v) is 15.3. The Labute approximate surface area is 161 Å². The van der Waals surface area contributed by atoms with Gasteiger partial charge in [0.05, 0.1) is 11.0 Å². The van der Waals surface area contributed by atoms with Crippen molar-refractivity contribution in [2.45, 2.75) is 6.92 Å². The van der Waals surface area contributed by atoms with Crippen molar-refractivity contribution in [2.24, 2.45) is 0 Å². The van der Waals surface area contributed by atoms with E-state index in [-0.39, 0.29) is 11.8 Å². The number of benzene rings is 3. The van der Waals surface area contributed by atoms with Gasteiger partial charge in [0.25, 0.3) is 0 Å². The Morgan fingerprint density at radius 1 is 1.04 bits per heavy atom. The Bertz CT molecular complexity index is 1130. The minimum Gasteiger partial charge on any atom is -0.338 e. The molecular weight excluding hydrogens is 355 g/mol. The number of imidazole rings is 1. The predicted molar refractivity (Wildman–Crippen MR) is 109 cm³/mol. The minimum absolute atomic E-state index is 0.237. The predicted octanol–water partition coefficient (Wildman–Crippen LogP) is 4.97. The number of aromatic nitrogens is 2. The molecule has 0 saturated carbocycles. The zero-order valence-electron chi connectivity index (χ0n) is 15.3. The molecule has 1 heterocycles. The Morgan fingerprint density at radius 3 is 2.61 bits per heavy atom. The largest absolute Gasteiger partial charge is 0.338 e. The molecule has 0 aliphatic heterocycles. The van der Waals surface area contributed by atoms with Crippen LogP contribution < -0.4 is 10.6 Å². The Balaban J connectivity index is 1.66. The molecule has 0 fully saturated rings. The van der Waals surface area contributed by atoms with Crippen LogP contribution in [0.3, 0.4) is 0 Å². The number of nitrogens with zero attached hydrogens (tertiary/aromatic N) is 2. The summed E-state index contributed by atoms with van der Waals surface area (Å²) in [6, 6.07) is 19.7. The third kappa shape index (κ3) is 3.57. The lowest BCUT2D eigenvalue weighted by Crippen LogP contribution is -2.28. The summed E-state index contributed by atoms with van der Waals surface area (Å²) in [5, 5.41) is 5.52. The molecule has 0 unspecified atom stereocenters. The number of urea groups is 1. The molecule has 0 spiro atoms. The molecule has 0 atom stereocenters. The lowest BCUT2D eigenvalue weighted by atomic mass is 10.1. The number of carbonyl (C=O) groups is 1. The van der Waals surface area contributed by atoms with E-state index in [0.717, 1.165) is 27.8 Å². The summed E-state index contributed by atoms with van der Waals surface area (Å²) in [5.41, 5.74) is 5.29. The molecule has 1 aromatic heterocycles. The van der Waals surface area contributed by atoms with Gasteiger partial charge >= 0.3 is 6.03 Å². The van der Waals surface area contributed by atoms with E-state index in [1.54, 1.807) is 18.5 Å². The molecule has 4 rings (SSSR count). The van der Waals surface area contributed by atoms with Crippen molar-refractivity contribution in [1.29, 1.82) is 0 Å². The molecular formula is C22H19FN4O. The summed E-state index contributed by atoms with van der Waals surface area (Å²) in [7, 11) is 0. The van der Waals surface area contributed by atoms with Crippen LogP contribution in [0.2, 0.25) is 0 Å². The number of nitrogens with one attached hydrogen (secondary N) is 2. The van der Waals surface area contributed by atoms with E-state index in [9.17, 15) is 9.18 Å². The van der Waals surface area contributed by atoms with Gasteiger partial charge in [0, 0.05) is 17.9 Å². The smallest absolute Gasteiger partial charge is 0.319 e. The van der Waals surface area contributed by atoms with Gasteiger partial charge in [-0.2, -0.15) is 0 Å². The lowest BCUT2D eigenvalue weighted by Gasteiger charge is -2.09. The quantitative estimate of drug-likeness (QED) is 0.530. The van der Waals surface area contributed by atoms with Crippen molar-refractivity contribution < 1.29 is 9.18 Å². The molecule has 0 saturated heterocycles. The molecule has 2 N–H and O–H groups in total. The zero-order chi connectivity index (χ0) is 19.5. The number of hydrogen-bond acceptors (Lipinski definition) is 2. The van der Waals surface area contributed by atoms with E-state index < -0.39 is 0 Å². The Kier molecular flexibility index (Phi) is 4.76. The summed E-state index contributed by atoms with van der Waals surface area (Å²) in [6.45, 7) is 2.43. The maximum absolute atomic E-state index is 13.2. The van der Waals surface area contributed by atoms with Gasteiger partial charge in [-0.25, -0.2) is 14.2 Å². The van der Waals surface area contributed by atoms with Gasteiger partial charge in [-0.05, 0) is 60.5 Å². The second kappa shape index (κ2) is 7.52. The first-order chi connectivity index (χ1) is 13.6. The fraction of sp³-hybridized carbons (Fsp3) is 0.0909. The molecule has 28 heavy (non-hydrogen) atoms. The monoisotopic (exact) mass is 374 g/mol. The Morgan fingerprint density at radius 2 is 1.82 bits per heavy atom. The minimum atomic E-state index is -0.254. The first-order valence-electron chi connectivity index (χ1n) is 9.02. The van der Waals surface area contributed by atoms with Gasteiger partial charge in [0.1, 0.15) is 12.1 Å². The molecule has 0 aliphatic rings. The van der Waals surface area contributed by atoms with Crippen molar-refractivity contribution in [3.8, 4) is 16.8 Å². The number of fused-ring (bicyclic) bond motifs is 1. The lowest BCUT2D eigenvalue weighted by molar-refractivity contribution is 0.252. The van der Waals surface area contributed by atoms with E-state index in [4.69, 9.17) is 0 Å². The van der Waals surface area contributed by atoms with Gasteiger partial charge < -0.3 is 10.6 Å². The molecule has 2 amide bonds. The third-order valence-corrected chi connectivity index (χ3v) is 4.44. The average Bonchev–Trinajstić information content (AvgIpc) is 3.12. The Hall–Kier alpha value is -3.67. The first kappa shape index (κ1) is 17.7. The number of carbonyl (C=O) groups excluding carboxylic acids is 1. The molecule has 6 heteroatoms. The molecule has 0 aliphatic carbocycles. The standard InChI is InChI=1S/C22H19FN4O/c1-2-24-22(28)26-18-4-3-5-19(13-18)27-14-25-20-12-16(8-11-21(20)27)15-6-9-17(23)10-7-15/h3-14H,2H2,1H3,(H2,24,26,28). The molecule has 3 aromatic carbocycles. The topological polar surface area (TPSA) is 59.0 Å². The molecule has 140 valence electrons. The molecule has 4 aromatic rings. The number of rotatable bonds is 4. The van der Waals surface area contributed by atoms with Gasteiger partial charge in [-0.1, -0.05) is 24.3 Å². The van der Waals surface area contributed by atoms with Crippen LogP contribution in [-0.2, 0) is 0 Å². The van der Waals surface area contributed by atoms with Crippen molar-refractivity contribution in [1.82, 2.24) is 14.9 Å². The molecule has 5 nitrogen and oxygen atoms in total. The van der Waals surface area contributed by atoms with Crippen LogP contribution in [0.1, 0.15) is 6.92 Å². The average molecular weight is 374 g/mol. The van der Waals surface area contributed by atoms with Crippen molar-refractivity contribution in [2.75, 3.05) is 11.9 Å². The summed E-state index contributed by atoms with van der Waals surface area (Å²) in [4.78, 5) is 16.3. The van der Waals surface area contributed by atoms with Gasteiger partial charge in [-0.15, -0.1) is 0 Å². The van der Waals surface area contributed by atoms with Crippen molar-refractivity contribution in [3.05, 3.63) is 78.9 Å². The van der Waals surface area contributed by atoms with Gasteiger partial charge in [-0.3, -0.25) is 4.57 Å². The van der Waals surface area contributed by atoms with E-state index in [1.807, 2.05) is 54.0 Å². The number of amides is 2. The number of anilines is 1. The summed E-state index contributed by atoms with van der Waals surface area (Å²) in [6.07, 6.45) is 1.75. The van der Waals surface area contributed by atoms with Crippen LogP contribution in [0.4, 0.5) is 14.9 Å². The van der Waals surface area contributed by atoms with Crippen LogP contribution in [0.25, 0.3) is 27.8 Å². The second-order valence-corrected chi connectivity index (χ2v) is 6.36. The maximum Gasteiger partial charge on any atom is 0.319 e. The maximum atomic E-state index is 13.2. The van der Waals surface area contributed by atoms with Crippen LogP contribution in [-0.4, -0.2) is 22.1 Å². The van der Waals surface area contributed by atoms with Gasteiger partial charge in [0.2, 0.25) is 0 Å². The highest BCUT2D eigenvalue weighted by Gasteiger charge is 2.08. The summed E-state index contributed by atoms with van der Waals surface area (Å²) in [5.74, 6) is -0.254. The van der Waals surface area contributed by atoms with E-state index >= 15 is 0 Å². The van der Waals surface area contributed by atoms with Crippen LogP contribution in [0.5, 0.6) is 0 Å². The van der Waals surface area contributed by atoms with E-state index in [2.05, 4.69) is 15.6 Å². The first-order valence-corrected chi connectivity index (χ1v) is 9.02. The van der Waals surface area contributed by atoms with Crippen molar-refractivity contribution in [3.63, 3.8) is 0 Å². The second-order valence-electron chi connectivity index (χ2n) is 6.36. The van der Waals surface area contributed by atoms with Gasteiger partial charge in [0.15, 0.2) is 0 Å². The van der Waals surface area contributed by atoms with Crippen LogP contribution >= 0.6 is 0 Å². The molecule has 0 radical (unpaired) electrons. The third-order valence-electron chi connectivity index (χ3n) is 4.44.